The van der Waals surface area contributed by atoms with Gasteiger partial charge in [-0.15, -0.1) is 11.3 Å². The van der Waals surface area contributed by atoms with Crippen LogP contribution < -0.4 is 0 Å². The molecule has 60 heavy (non-hydrogen) atoms. The monoisotopic (exact) mass is 790 g/mol. The Bertz CT molecular complexity index is 3550. The van der Waals surface area contributed by atoms with Crippen molar-refractivity contribution in [3.63, 3.8) is 0 Å². The van der Waals surface area contributed by atoms with Gasteiger partial charge in [-0.25, -0.2) is 15.0 Å². The molecule has 0 amide bonds. The lowest BCUT2D eigenvalue weighted by molar-refractivity contribution is 0.332. The third kappa shape index (κ3) is 5.25. The number of rotatable bonds is 4. The molecule has 0 spiro atoms. The first kappa shape index (κ1) is 35.3. The highest BCUT2D eigenvalue weighted by molar-refractivity contribution is 7.26. The van der Waals surface area contributed by atoms with Crippen LogP contribution in [0.2, 0.25) is 0 Å². The van der Waals surface area contributed by atoms with E-state index in [1.165, 1.54) is 70.3 Å². The number of thiophene rings is 1. The molecule has 1 aliphatic carbocycles. The smallest absolute Gasteiger partial charge is 0.165 e. The van der Waals surface area contributed by atoms with Crippen LogP contribution in [-0.2, 0) is 10.8 Å². The van der Waals surface area contributed by atoms with E-state index in [4.69, 9.17) is 15.0 Å². The zero-order valence-electron chi connectivity index (χ0n) is 34.1. The molecule has 0 radical (unpaired) electrons. The van der Waals surface area contributed by atoms with E-state index in [2.05, 4.69) is 172 Å². The van der Waals surface area contributed by atoms with E-state index in [9.17, 15) is 0 Å². The number of aromatic nitrogens is 4. The van der Waals surface area contributed by atoms with Gasteiger partial charge in [-0.2, -0.15) is 0 Å². The van der Waals surface area contributed by atoms with Gasteiger partial charge in [0, 0.05) is 53.0 Å². The largest absolute Gasteiger partial charge is 0.309 e. The summed E-state index contributed by atoms with van der Waals surface area (Å²) in [7, 11) is 0. The minimum atomic E-state index is 0.0708. The van der Waals surface area contributed by atoms with Crippen molar-refractivity contribution >= 4 is 74.9 Å². The lowest BCUT2D eigenvalue weighted by atomic mass is 9.63. The van der Waals surface area contributed by atoms with Gasteiger partial charge in [0.15, 0.2) is 17.5 Å². The Balaban J connectivity index is 1.13. The number of benzene rings is 8. The number of nitrogens with zero attached hydrogens (tertiary/aromatic N) is 4. The van der Waals surface area contributed by atoms with Crippen molar-refractivity contribution in [3.05, 3.63) is 169 Å². The number of hydrogen-bond donors (Lipinski definition) is 0. The lowest BCUT2D eigenvalue weighted by Gasteiger charge is -2.42. The minimum Gasteiger partial charge on any atom is -0.309 e. The molecule has 3 aromatic heterocycles. The van der Waals surface area contributed by atoms with Crippen LogP contribution in [0.1, 0.15) is 51.7 Å². The van der Waals surface area contributed by atoms with Crippen molar-refractivity contribution in [2.24, 2.45) is 0 Å². The fourth-order valence-corrected chi connectivity index (χ4v) is 11.2. The maximum Gasteiger partial charge on any atom is 0.165 e. The second kappa shape index (κ2) is 12.9. The first-order valence-electron chi connectivity index (χ1n) is 21.0. The van der Waals surface area contributed by atoms with E-state index in [0.717, 1.165) is 39.6 Å². The molecular weight excluding hydrogens is 749 g/mol. The van der Waals surface area contributed by atoms with Crippen molar-refractivity contribution in [1.29, 1.82) is 0 Å². The summed E-state index contributed by atoms with van der Waals surface area (Å²) < 4.78 is 4.96. The Kier molecular flexibility index (Phi) is 7.59. The quantitative estimate of drug-likeness (QED) is 0.178. The average Bonchev–Trinajstić information content (AvgIpc) is 3.83. The van der Waals surface area contributed by atoms with Crippen LogP contribution in [0.25, 0.3) is 103 Å². The van der Waals surface area contributed by atoms with E-state index in [1.807, 2.05) is 18.2 Å². The minimum absolute atomic E-state index is 0.0708. The van der Waals surface area contributed by atoms with Crippen molar-refractivity contribution in [3.8, 4) is 39.9 Å². The molecule has 12 rings (SSSR count). The summed E-state index contributed by atoms with van der Waals surface area (Å²) in [6, 6.07) is 57.2. The molecule has 0 saturated heterocycles. The van der Waals surface area contributed by atoms with Gasteiger partial charge in [-0.05, 0) is 93.4 Å². The van der Waals surface area contributed by atoms with E-state index in [-0.39, 0.29) is 10.8 Å². The maximum atomic E-state index is 5.35. The van der Waals surface area contributed by atoms with Gasteiger partial charge in [0.1, 0.15) is 0 Å². The molecule has 1 aliphatic rings. The molecule has 11 aromatic rings. The second-order valence-electron chi connectivity index (χ2n) is 17.8. The van der Waals surface area contributed by atoms with Crippen LogP contribution in [0.15, 0.2) is 158 Å². The SMILES string of the molecule is CC1(C)CCC(C)(C)c2cc3c(cc21)c1c2ccccc2ccc1n3-c1ccc(-c2nc(-c3ccccc3)nc(-c3cccc4c3sc3ccccc34)n2)c2ccccc12. The van der Waals surface area contributed by atoms with Gasteiger partial charge < -0.3 is 4.57 Å². The third-order valence-electron chi connectivity index (χ3n) is 13.3. The number of hydrogen-bond acceptors (Lipinski definition) is 4. The number of fused-ring (bicyclic) bond motifs is 10. The van der Waals surface area contributed by atoms with E-state index in [0.29, 0.717) is 17.5 Å². The van der Waals surface area contributed by atoms with Crippen molar-refractivity contribution in [2.45, 2.75) is 51.4 Å². The molecule has 0 unspecified atom stereocenters. The molecule has 0 aliphatic heterocycles. The second-order valence-corrected chi connectivity index (χ2v) is 18.9. The molecule has 5 heteroatoms. The van der Waals surface area contributed by atoms with E-state index < -0.39 is 0 Å². The molecule has 0 bridgehead atoms. The van der Waals surface area contributed by atoms with Crippen molar-refractivity contribution < 1.29 is 0 Å². The normalized spacial score (nSPS) is 14.8. The highest BCUT2D eigenvalue weighted by Crippen LogP contribution is 2.50. The summed E-state index contributed by atoms with van der Waals surface area (Å²) in [6.07, 6.45) is 2.34. The van der Waals surface area contributed by atoms with Crippen LogP contribution in [-0.4, -0.2) is 19.5 Å². The molecule has 4 nitrogen and oxygen atoms in total. The van der Waals surface area contributed by atoms with Gasteiger partial charge in [-0.1, -0.05) is 143 Å². The van der Waals surface area contributed by atoms with Crippen LogP contribution in [0.3, 0.4) is 0 Å². The molecule has 0 atom stereocenters. The average molecular weight is 791 g/mol. The fourth-order valence-electron chi connectivity index (χ4n) is 10.0. The Labute approximate surface area is 352 Å². The topological polar surface area (TPSA) is 43.6 Å². The zero-order chi connectivity index (χ0) is 40.3. The summed E-state index contributed by atoms with van der Waals surface area (Å²) in [6.45, 7) is 9.70. The molecule has 0 saturated carbocycles. The molecular formula is C55H42N4S. The summed E-state index contributed by atoms with van der Waals surface area (Å²) >= 11 is 1.80. The van der Waals surface area contributed by atoms with Crippen LogP contribution in [0, 0.1) is 0 Å². The Morgan fingerprint density at radius 1 is 0.467 bits per heavy atom. The van der Waals surface area contributed by atoms with Gasteiger partial charge >= 0.3 is 0 Å². The van der Waals surface area contributed by atoms with Gasteiger partial charge in [0.25, 0.3) is 0 Å². The highest BCUT2D eigenvalue weighted by Gasteiger charge is 2.38. The Morgan fingerprint density at radius 3 is 1.90 bits per heavy atom. The maximum absolute atomic E-state index is 5.35. The first-order chi connectivity index (χ1) is 29.2. The van der Waals surface area contributed by atoms with E-state index in [1.54, 1.807) is 11.3 Å². The van der Waals surface area contributed by atoms with Crippen molar-refractivity contribution in [2.75, 3.05) is 0 Å². The van der Waals surface area contributed by atoms with Crippen molar-refractivity contribution in [1.82, 2.24) is 19.5 Å². The predicted molar refractivity (Wildman–Crippen MR) is 254 cm³/mol. The summed E-state index contributed by atoms with van der Waals surface area (Å²) in [4.78, 5) is 15.8. The van der Waals surface area contributed by atoms with E-state index >= 15 is 0 Å². The summed E-state index contributed by atoms with van der Waals surface area (Å²) in [5.74, 6) is 1.99. The van der Waals surface area contributed by atoms with Crippen LogP contribution in [0.5, 0.6) is 0 Å². The van der Waals surface area contributed by atoms with Gasteiger partial charge in [0.2, 0.25) is 0 Å². The van der Waals surface area contributed by atoms with Gasteiger partial charge in [0.05, 0.1) is 16.7 Å². The van der Waals surface area contributed by atoms with Gasteiger partial charge in [-0.3, -0.25) is 0 Å². The van der Waals surface area contributed by atoms with Crippen LogP contribution in [0.4, 0.5) is 0 Å². The molecule has 8 aromatic carbocycles. The summed E-state index contributed by atoms with van der Waals surface area (Å²) in [5, 5.41) is 9.88. The summed E-state index contributed by atoms with van der Waals surface area (Å²) in [5.41, 5.74) is 9.65. The highest BCUT2D eigenvalue weighted by atomic mass is 32.1. The zero-order valence-corrected chi connectivity index (χ0v) is 34.9. The van der Waals surface area contributed by atoms with Crippen LogP contribution >= 0.6 is 11.3 Å². The molecule has 288 valence electrons. The third-order valence-corrected chi connectivity index (χ3v) is 14.5. The predicted octanol–water partition coefficient (Wildman–Crippen LogP) is 15.0. The standard InChI is InChI=1S/C55H42N4S/c1-54(2)29-30-55(3,4)44-32-47-42(31-43(44)54)49-35-18-9-8-15-33(35)25-27-46(49)59(47)45-28-26-40(36-19-10-11-20-37(36)45)52-56-51(34-16-6-5-7-17-34)57-53(58-52)41-23-14-22-39-38-21-12-13-24-48(38)60-50(39)41/h5-28,31-32H,29-30H2,1-4H3. The molecule has 0 N–H and O–H groups in total. The Hall–Kier alpha value is -6.69. The Morgan fingerprint density at radius 2 is 1.10 bits per heavy atom. The lowest BCUT2D eigenvalue weighted by Crippen LogP contribution is -2.33. The first-order valence-corrected chi connectivity index (χ1v) is 21.8. The molecule has 3 heterocycles. The fraction of sp³-hybridized carbons (Fsp3) is 0.145. The molecule has 0 fully saturated rings.